The number of rotatable bonds is 5. The number of aryl methyl sites for hydroxylation is 1. The summed E-state index contributed by atoms with van der Waals surface area (Å²) in [5.41, 5.74) is 1.98. The number of amides is 1. The normalized spacial score (nSPS) is 12.0. The third kappa shape index (κ3) is 3.71. The maximum absolute atomic E-state index is 13.0. The van der Waals surface area contributed by atoms with E-state index < -0.39 is 17.8 Å². The number of aliphatic carboxylic acids is 1. The van der Waals surface area contributed by atoms with Crippen LogP contribution in [0.3, 0.4) is 0 Å². The van der Waals surface area contributed by atoms with Crippen LogP contribution in [-0.2, 0) is 4.79 Å². The van der Waals surface area contributed by atoms with Crippen LogP contribution in [0.25, 0.3) is 0 Å². The molecule has 0 aliphatic carbocycles. The summed E-state index contributed by atoms with van der Waals surface area (Å²) < 4.78 is 13.0. The van der Waals surface area contributed by atoms with Gasteiger partial charge in [-0.15, -0.1) is 11.3 Å². The summed E-state index contributed by atoms with van der Waals surface area (Å²) in [6, 6.07) is 4.75. The molecule has 0 aliphatic rings. The number of carbonyl (C=O) groups is 2. The molecule has 0 saturated carbocycles. The van der Waals surface area contributed by atoms with E-state index in [2.05, 4.69) is 5.32 Å². The van der Waals surface area contributed by atoms with Crippen molar-refractivity contribution < 1.29 is 19.1 Å². The Morgan fingerprint density at radius 3 is 2.41 bits per heavy atom. The van der Waals surface area contributed by atoms with Crippen LogP contribution in [0, 0.1) is 19.7 Å². The highest BCUT2D eigenvalue weighted by Crippen LogP contribution is 2.23. The van der Waals surface area contributed by atoms with Crippen molar-refractivity contribution in [1.82, 2.24) is 5.32 Å². The van der Waals surface area contributed by atoms with E-state index >= 15 is 0 Å². The van der Waals surface area contributed by atoms with Gasteiger partial charge in [-0.25, -0.2) is 4.39 Å². The minimum atomic E-state index is -1.03. The maximum Gasteiger partial charge on any atom is 0.305 e. The second kappa shape index (κ2) is 6.70. The molecule has 2 N–H and O–H groups in total. The number of hydrogen-bond acceptors (Lipinski definition) is 3. The van der Waals surface area contributed by atoms with Gasteiger partial charge in [0.25, 0.3) is 5.91 Å². The molecule has 0 aliphatic heterocycles. The van der Waals surface area contributed by atoms with Crippen molar-refractivity contribution >= 4 is 23.2 Å². The number of benzene rings is 1. The molecule has 1 atom stereocenters. The van der Waals surface area contributed by atoms with E-state index in [0.29, 0.717) is 11.1 Å². The first-order valence-corrected chi connectivity index (χ1v) is 7.59. The van der Waals surface area contributed by atoms with Gasteiger partial charge in [0.05, 0.1) is 18.0 Å². The van der Waals surface area contributed by atoms with Gasteiger partial charge in [-0.3, -0.25) is 9.59 Å². The Morgan fingerprint density at radius 1 is 1.27 bits per heavy atom. The van der Waals surface area contributed by atoms with Crippen LogP contribution < -0.4 is 5.32 Å². The SMILES string of the molecule is Cc1scc(C(=O)NC(CC(=O)O)c2ccc(F)cc2)c1C. The molecule has 0 bridgehead atoms. The highest BCUT2D eigenvalue weighted by Gasteiger charge is 2.21. The Labute approximate surface area is 131 Å². The van der Waals surface area contributed by atoms with Gasteiger partial charge in [-0.05, 0) is 37.1 Å². The quantitative estimate of drug-likeness (QED) is 0.886. The Kier molecular flexibility index (Phi) is 4.92. The smallest absolute Gasteiger partial charge is 0.305 e. The summed E-state index contributed by atoms with van der Waals surface area (Å²) in [5.74, 6) is -1.77. The second-order valence-electron chi connectivity index (χ2n) is 5.01. The van der Waals surface area contributed by atoms with Crippen LogP contribution >= 0.6 is 11.3 Å². The Hall–Kier alpha value is -2.21. The average Bonchev–Trinajstić information content (AvgIpc) is 2.78. The van der Waals surface area contributed by atoms with E-state index in [-0.39, 0.29) is 12.3 Å². The molecule has 4 nitrogen and oxygen atoms in total. The lowest BCUT2D eigenvalue weighted by Crippen LogP contribution is -2.30. The van der Waals surface area contributed by atoms with Crippen molar-refractivity contribution in [3.8, 4) is 0 Å². The highest BCUT2D eigenvalue weighted by molar-refractivity contribution is 7.10. The van der Waals surface area contributed by atoms with Gasteiger partial charge >= 0.3 is 5.97 Å². The fraction of sp³-hybridized carbons (Fsp3) is 0.250. The highest BCUT2D eigenvalue weighted by atomic mass is 32.1. The van der Waals surface area contributed by atoms with Gasteiger partial charge in [-0.1, -0.05) is 12.1 Å². The van der Waals surface area contributed by atoms with Crippen molar-refractivity contribution in [1.29, 1.82) is 0 Å². The van der Waals surface area contributed by atoms with E-state index in [9.17, 15) is 14.0 Å². The number of carbonyl (C=O) groups excluding carboxylic acids is 1. The second-order valence-corrected chi connectivity index (χ2v) is 6.09. The van der Waals surface area contributed by atoms with Crippen LogP contribution in [0.2, 0.25) is 0 Å². The van der Waals surface area contributed by atoms with Crippen LogP contribution in [-0.4, -0.2) is 17.0 Å². The van der Waals surface area contributed by atoms with Crippen LogP contribution in [0.4, 0.5) is 4.39 Å². The number of thiophene rings is 1. The van der Waals surface area contributed by atoms with Gasteiger partial charge in [0.15, 0.2) is 0 Å². The van der Waals surface area contributed by atoms with Crippen molar-refractivity contribution in [2.45, 2.75) is 26.3 Å². The van der Waals surface area contributed by atoms with Crippen LogP contribution in [0.1, 0.15) is 38.8 Å². The van der Waals surface area contributed by atoms with Gasteiger partial charge in [0.2, 0.25) is 0 Å². The predicted molar refractivity (Wildman–Crippen MR) is 82.7 cm³/mol. The van der Waals surface area contributed by atoms with E-state index in [1.165, 1.54) is 35.6 Å². The lowest BCUT2D eigenvalue weighted by atomic mass is 10.0. The molecule has 2 aromatic rings. The Bertz CT molecular complexity index is 694. The summed E-state index contributed by atoms with van der Waals surface area (Å²) in [6.45, 7) is 3.77. The molecule has 0 fully saturated rings. The number of halogens is 1. The molecule has 1 aromatic carbocycles. The van der Waals surface area contributed by atoms with Crippen LogP contribution in [0.15, 0.2) is 29.6 Å². The maximum atomic E-state index is 13.0. The monoisotopic (exact) mass is 321 g/mol. The molecule has 6 heteroatoms. The molecule has 1 aromatic heterocycles. The standard InChI is InChI=1S/C16H16FNO3S/c1-9-10(2)22-8-13(9)16(21)18-14(7-15(19)20)11-3-5-12(17)6-4-11/h3-6,8,14H,7H2,1-2H3,(H,18,21)(H,19,20). The summed E-state index contributed by atoms with van der Waals surface area (Å²) in [7, 11) is 0. The molecule has 1 amide bonds. The molecule has 22 heavy (non-hydrogen) atoms. The average molecular weight is 321 g/mol. The van der Waals surface area contributed by atoms with E-state index in [1.807, 2.05) is 13.8 Å². The summed E-state index contributed by atoms with van der Waals surface area (Å²) >= 11 is 1.47. The molecule has 116 valence electrons. The van der Waals surface area contributed by atoms with Crippen molar-refractivity contribution in [3.05, 3.63) is 57.0 Å². The van der Waals surface area contributed by atoms with Gasteiger partial charge < -0.3 is 10.4 Å². The van der Waals surface area contributed by atoms with Crippen molar-refractivity contribution in [2.24, 2.45) is 0 Å². The van der Waals surface area contributed by atoms with Crippen molar-refractivity contribution in [2.75, 3.05) is 0 Å². The zero-order chi connectivity index (χ0) is 16.3. The zero-order valence-corrected chi connectivity index (χ0v) is 13.0. The molecular formula is C16H16FNO3S. The number of nitrogens with one attached hydrogen (secondary N) is 1. The molecule has 0 radical (unpaired) electrons. The minimum Gasteiger partial charge on any atom is -0.481 e. The first kappa shape index (κ1) is 16.2. The molecular weight excluding hydrogens is 305 g/mol. The predicted octanol–water partition coefficient (Wildman–Crippen LogP) is 3.45. The summed E-state index contributed by atoms with van der Waals surface area (Å²) in [4.78, 5) is 24.4. The van der Waals surface area contributed by atoms with E-state index in [0.717, 1.165) is 10.4 Å². The Morgan fingerprint density at radius 2 is 1.91 bits per heavy atom. The fourth-order valence-corrected chi connectivity index (χ4v) is 2.96. The lowest BCUT2D eigenvalue weighted by Gasteiger charge is -2.17. The lowest BCUT2D eigenvalue weighted by molar-refractivity contribution is -0.137. The van der Waals surface area contributed by atoms with Gasteiger partial charge in [-0.2, -0.15) is 0 Å². The first-order valence-electron chi connectivity index (χ1n) is 6.71. The van der Waals surface area contributed by atoms with Crippen LogP contribution in [0.5, 0.6) is 0 Å². The molecule has 0 spiro atoms. The molecule has 1 heterocycles. The fourth-order valence-electron chi connectivity index (χ4n) is 2.10. The minimum absolute atomic E-state index is 0.264. The number of carboxylic acid groups (broad SMARTS) is 1. The van der Waals surface area contributed by atoms with E-state index in [1.54, 1.807) is 5.38 Å². The van der Waals surface area contributed by atoms with Gasteiger partial charge in [0.1, 0.15) is 5.82 Å². The number of carboxylic acids is 1. The first-order chi connectivity index (χ1) is 10.4. The van der Waals surface area contributed by atoms with E-state index in [4.69, 9.17) is 5.11 Å². The number of hydrogen-bond donors (Lipinski definition) is 2. The molecule has 2 rings (SSSR count). The zero-order valence-electron chi connectivity index (χ0n) is 12.2. The summed E-state index contributed by atoms with van der Waals surface area (Å²) in [5, 5.41) is 13.5. The third-order valence-electron chi connectivity index (χ3n) is 3.49. The third-order valence-corrected chi connectivity index (χ3v) is 4.50. The Balaban J connectivity index is 2.23. The van der Waals surface area contributed by atoms with Crippen molar-refractivity contribution in [3.63, 3.8) is 0 Å². The topological polar surface area (TPSA) is 66.4 Å². The summed E-state index contributed by atoms with van der Waals surface area (Å²) in [6.07, 6.45) is -0.264. The molecule has 1 unspecified atom stereocenters. The molecule has 0 saturated heterocycles. The largest absolute Gasteiger partial charge is 0.481 e. The van der Waals surface area contributed by atoms with Gasteiger partial charge in [0, 0.05) is 10.3 Å².